The Morgan fingerprint density at radius 1 is 1.00 bits per heavy atom. The molecule has 3 aromatic rings. The third kappa shape index (κ3) is 5.20. The van der Waals surface area contributed by atoms with E-state index in [1.54, 1.807) is 0 Å². The van der Waals surface area contributed by atoms with Crippen molar-refractivity contribution in [1.29, 1.82) is 0 Å². The number of hydrogen-bond donors (Lipinski definition) is 2. The van der Waals surface area contributed by atoms with Gasteiger partial charge in [0.1, 0.15) is 12.4 Å². The lowest BCUT2D eigenvalue weighted by atomic mass is 10.0. The zero-order valence-electron chi connectivity index (χ0n) is 16.7. The van der Waals surface area contributed by atoms with Crippen molar-refractivity contribution in [2.45, 2.75) is 38.5 Å². The van der Waals surface area contributed by atoms with E-state index in [1.807, 2.05) is 14.1 Å². The highest BCUT2D eigenvalue weighted by molar-refractivity contribution is 5.82. The van der Waals surface area contributed by atoms with Gasteiger partial charge in [-0.2, -0.15) is 0 Å². The summed E-state index contributed by atoms with van der Waals surface area (Å²) in [6.07, 6.45) is 5.38. The number of ketones is 1. The van der Waals surface area contributed by atoms with Crippen molar-refractivity contribution < 1.29 is 9.90 Å². The molecular weight excluding hydrogens is 350 g/mol. The molecule has 1 aromatic heterocycles. The number of unbranched alkanes of at least 4 members (excludes halogenated alkanes) is 3. The zero-order valence-corrected chi connectivity index (χ0v) is 16.7. The number of aromatic nitrogens is 2. The Bertz CT molecular complexity index is 913. The highest BCUT2D eigenvalue weighted by atomic mass is 16.3. The number of aliphatic hydroxyl groups excluding tert-OH is 1. The minimum atomic E-state index is -0.333. The molecule has 0 unspecified atom stereocenters. The monoisotopic (exact) mass is 379 g/mol. The summed E-state index contributed by atoms with van der Waals surface area (Å²) in [7, 11) is 4.09. The summed E-state index contributed by atoms with van der Waals surface area (Å²) in [6.45, 7) is -0.333. The Morgan fingerprint density at radius 2 is 1.71 bits per heavy atom. The molecule has 5 heteroatoms. The van der Waals surface area contributed by atoms with Gasteiger partial charge in [0.25, 0.3) is 0 Å². The van der Waals surface area contributed by atoms with Gasteiger partial charge in [0, 0.05) is 32.6 Å². The number of fused-ring (bicyclic) bond motifs is 1. The molecule has 0 atom stereocenters. The third-order valence-electron chi connectivity index (χ3n) is 5.04. The lowest BCUT2D eigenvalue weighted by molar-refractivity contribution is -0.121. The number of aromatic amines is 1. The van der Waals surface area contributed by atoms with Crippen LogP contribution in [0.4, 0.5) is 5.69 Å². The molecule has 0 aliphatic heterocycles. The minimum Gasteiger partial charge on any atom is -0.389 e. The van der Waals surface area contributed by atoms with E-state index in [0.29, 0.717) is 6.42 Å². The lowest BCUT2D eigenvalue weighted by Crippen LogP contribution is -2.07. The van der Waals surface area contributed by atoms with E-state index < -0.39 is 0 Å². The van der Waals surface area contributed by atoms with Crippen LogP contribution in [0, 0.1) is 0 Å². The first-order valence-electron chi connectivity index (χ1n) is 9.96. The summed E-state index contributed by atoms with van der Waals surface area (Å²) in [5.74, 6) is 0.950. The molecule has 0 amide bonds. The maximum absolute atomic E-state index is 11.1. The van der Waals surface area contributed by atoms with E-state index in [0.717, 1.165) is 49.0 Å². The van der Waals surface area contributed by atoms with Crippen molar-refractivity contribution in [2.75, 3.05) is 25.6 Å². The predicted octanol–water partition coefficient (Wildman–Crippen LogP) is 4.35. The second-order valence-electron chi connectivity index (χ2n) is 7.47. The van der Waals surface area contributed by atoms with Gasteiger partial charge in [0.05, 0.1) is 11.0 Å². The van der Waals surface area contributed by atoms with Gasteiger partial charge in [-0.1, -0.05) is 31.0 Å². The molecule has 0 saturated heterocycles. The molecule has 0 aliphatic carbocycles. The second kappa shape index (κ2) is 9.51. The van der Waals surface area contributed by atoms with Crippen molar-refractivity contribution in [3.63, 3.8) is 0 Å². The molecule has 2 N–H and O–H groups in total. The molecule has 3 rings (SSSR count). The van der Waals surface area contributed by atoms with Crippen LogP contribution in [0.15, 0.2) is 42.5 Å². The molecule has 148 valence electrons. The largest absolute Gasteiger partial charge is 0.389 e. The molecular formula is C23H29N3O2. The second-order valence-corrected chi connectivity index (χ2v) is 7.47. The van der Waals surface area contributed by atoms with Gasteiger partial charge in [0.2, 0.25) is 0 Å². The Kier molecular flexibility index (Phi) is 6.82. The first kappa shape index (κ1) is 20.1. The summed E-state index contributed by atoms with van der Waals surface area (Å²) in [5.41, 5.74) is 5.63. The van der Waals surface area contributed by atoms with Gasteiger partial charge in [-0.05, 0) is 48.2 Å². The Labute approximate surface area is 166 Å². The number of aryl methyl sites for hydroxylation is 1. The van der Waals surface area contributed by atoms with Crippen LogP contribution in [0.5, 0.6) is 0 Å². The van der Waals surface area contributed by atoms with Crippen LogP contribution in [0.25, 0.3) is 22.2 Å². The summed E-state index contributed by atoms with van der Waals surface area (Å²) < 4.78 is 0. The number of carbonyl (C=O) groups is 1. The topological polar surface area (TPSA) is 69.2 Å². The number of carbonyl (C=O) groups excluding carboxylic acids is 1. The average molecular weight is 380 g/mol. The van der Waals surface area contributed by atoms with Gasteiger partial charge in [-0.15, -0.1) is 0 Å². The number of aliphatic hydroxyl groups is 1. The number of imidazole rings is 1. The summed E-state index contributed by atoms with van der Waals surface area (Å²) in [4.78, 5) is 21.3. The molecule has 28 heavy (non-hydrogen) atoms. The van der Waals surface area contributed by atoms with Crippen molar-refractivity contribution in [3.05, 3.63) is 48.3 Å². The number of rotatable bonds is 10. The number of nitrogens with one attached hydrogen (secondary N) is 1. The summed E-state index contributed by atoms with van der Waals surface area (Å²) in [6, 6.07) is 14.9. The van der Waals surface area contributed by atoms with E-state index in [2.05, 4.69) is 52.3 Å². The number of Topliss-reactive ketones (excluding diaryl/α,β-unsaturated/α-hetero) is 1. The first-order chi connectivity index (χ1) is 13.6. The quantitative estimate of drug-likeness (QED) is 0.514. The maximum Gasteiger partial charge on any atom is 0.158 e. The van der Waals surface area contributed by atoms with E-state index in [4.69, 9.17) is 10.1 Å². The van der Waals surface area contributed by atoms with Gasteiger partial charge in [-0.3, -0.25) is 4.79 Å². The number of anilines is 1. The molecule has 0 radical (unpaired) electrons. The highest BCUT2D eigenvalue weighted by Crippen LogP contribution is 2.25. The molecule has 2 aromatic carbocycles. The Balaban J connectivity index is 1.57. The van der Waals surface area contributed by atoms with Crippen molar-refractivity contribution >= 4 is 22.5 Å². The minimum absolute atomic E-state index is 0.0653. The molecule has 0 fully saturated rings. The SMILES string of the molecule is CN(C)c1ccc(-c2ccc3nc(CCCCCCC(=O)CO)[nH]c3c2)cc1. The van der Waals surface area contributed by atoms with Crippen LogP contribution in [0.1, 0.15) is 37.9 Å². The number of benzene rings is 2. The molecule has 0 bridgehead atoms. The van der Waals surface area contributed by atoms with Crippen LogP contribution in [-0.4, -0.2) is 41.6 Å². The van der Waals surface area contributed by atoms with Crippen LogP contribution < -0.4 is 4.90 Å². The molecule has 1 heterocycles. The number of nitrogens with zero attached hydrogens (tertiary/aromatic N) is 2. The molecule has 0 saturated carbocycles. The lowest BCUT2D eigenvalue weighted by Gasteiger charge is -2.12. The molecule has 5 nitrogen and oxygen atoms in total. The normalized spacial score (nSPS) is 11.1. The Hall–Kier alpha value is -2.66. The fourth-order valence-electron chi connectivity index (χ4n) is 3.36. The fraction of sp³-hybridized carbons (Fsp3) is 0.391. The van der Waals surface area contributed by atoms with Gasteiger partial charge in [0.15, 0.2) is 5.78 Å². The third-order valence-corrected chi connectivity index (χ3v) is 5.04. The van der Waals surface area contributed by atoms with Crippen molar-refractivity contribution in [2.24, 2.45) is 0 Å². The maximum atomic E-state index is 11.1. The summed E-state index contributed by atoms with van der Waals surface area (Å²) >= 11 is 0. The number of hydrogen-bond acceptors (Lipinski definition) is 4. The van der Waals surface area contributed by atoms with Crippen molar-refractivity contribution in [1.82, 2.24) is 9.97 Å². The predicted molar refractivity (Wildman–Crippen MR) is 115 cm³/mol. The van der Waals surface area contributed by atoms with Crippen LogP contribution >= 0.6 is 0 Å². The van der Waals surface area contributed by atoms with Crippen molar-refractivity contribution in [3.8, 4) is 11.1 Å². The van der Waals surface area contributed by atoms with E-state index in [-0.39, 0.29) is 12.4 Å². The van der Waals surface area contributed by atoms with E-state index in [9.17, 15) is 4.79 Å². The van der Waals surface area contributed by atoms with E-state index >= 15 is 0 Å². The molecule has 0 spiro atoms. The van der Waals surface area contributed by atoms with Crippen LogP contribution in [0.2, 0.25) is 0 Å². The van der Waals surface area contributed by atoms with Gasteiger partial charge < -0.3 is 15.0 Å². The van der Waals surface area contributed by atoms with Crippen LogP contribution in [0.3, 0.4) is 0 Å². The number of H-pyrrole nitrogens is 1. The van der Waals surface area contributed by atoms with Gasteiger partial charge >= 0.3 is 0 Å². The zero-order chi connectivity index (χ0) is 19.9. The average Bonchev–Trinajstić information content (AvgIpc) is 3.12. The van der Waals surface area contributed by atoms with E-state index in [1.165, 1.54) is 16.8 Å². The smallest absolute Gasteiger partial charge is 0.158 e. The molecule has 0 aliphatic rings. The highest BCUT2D eigenvalue weighted by Gasteiger charge is 2.06. The van der Waals surface area contributed by atoms with Gasteiger partial charge in [-0.25, -0.2) is 4.98 Å². The fourth-order valence-corrected chi connectivity index (χ4v) is 3.36. The summed E-state index contributed by atoms with van der Waals surface area (Å²) in [5, 5.41) is 8.72. The first-order valence-corrected chi connectivity index (χ1v) is 9.96. The van der Waals surface area contributed by atoms with Crippen LogP contribution in [-0.2, 0) is 11.2 Å². The standard InChI is InChI=1S/C23H29N3O2/c1-26(2)19-12-9-17(10-13-19)18-11-14-21-22(15-18)25-23(24-21)8-6-4-3-5-7-20(28)16-27/h9-15,27H,3-8,16H2,1-2H3,(H,24,25). The Morgan fingerprint density at radius 3 is 2.43 bits per heavy atom.